The molecule has 4 heteroatoms. The number of aliphatic carboxylic acids is 1. The van der Waals surface area contributed by atoms with Gasteiger partial charge in [-0.2, -0.15) is 0 Å². The molecule has 0 spiro atoms. The molecule has 0 aliphatic heterocycles. The van der Waals surface area contributed by atoms with Gasteiger partial charge < -0.3 is 9.84 Å². The van der Waals surface area contributed by atoms with Crippen molar-refractivity contribution in [1.82, 2.24) is 0 Å². The molecule has 2 rings (SSSR count). The maximum Gasteiger partial charge on any atom is 0.311 e. The summed E-state index contributed by atoms with van der Waals surface area (Å²) in [5.41, 5.74) is 1.47. The highest BCUT2D eigenvalue weighted by Gasteiger charge is 2.23. The number of carboxylic acids is 1. The first kappa shape index (κ1) is 14.8. The first-order chi connectivity index (χ1) is 10.2. The molecular formula is C17H16O4. The summed E-state index contributed by atoms with van der Waals surface area (Å²) < 4.78 is 5.13. The van der Waals surface area contributed by atoms with E-state index in [0.717, 1.165) is 5.56 Å². The van der Waals surface area contributed by atoms with Gasteiger partial charge in [0.05, 0.1) is 12.3 Å². The van der Waals surface area contributed by atoms with E-state index in [0.29, 0.717) is 5.56 Å². The third-order valence-corrected chi connectivity index (χ3v) is 3.11. The highest BCUT2D eigenvalue weighted by Crippen LogP contribution is 2.20. The van der Waals surface area contributed by atoms with Crippen LogP contribution in [0.25, 0.3) is 0 Å². The Bertz CT molecular complexity index is 593. The van der Waals surface area contributed by atoms with Crippen LogP contribution in [-0.4, -0.2) is 17.0 Å². The number of benzene rings is 2. The zero-order valence-electron chi connectivity index (χ0n) is 11.4. The molecule has 108 valence electrons. The Morgan fingerprint density at radius 2 is 1.52 bits per heavy atom. The summed E-state index contributed by atoms with van der Waals surface area (Å²) in [6.45, 7) is 0.154. The fourth-order valence-electron chi connectivity index (χ4n) is 2.00. The quantitative estimate of drug-likeness (QED) is 0.828. The van der Waals surface area contributed by atoms with E-state index in [-0.39, 0.29) is 13.0 Å². The zero-order chi connectivity index (χ0) is 15.1. The number of carboxylic acid groups (broad SMARTS) is 1. The molecule has 2 aromatic carbocycles. The maximum absolute atomic E-state index is 11.8. The Morgan fingerprint density at radius 3 is 2.10 bits per heavy atom. The summed E-state index contributed by atoms with van der Waals surface area (Å²) >= 11 is 0. The van der Waals surface area contributed by atoms with Crippen LogP contribution in [0.5, 0.6) is 0 Å². The largest absolute Gasteiger partial charge is 0.481 e. The number of hydrogen-bond acceptors (Lipinski definition) is 3. The van der Waals surface area contributed by atoms with Gasteiger partial charge in [0.25, 0.3) is 0 Å². The van der Waals surface area contributed by atoms with Crippen molar-refractivity contribution in [3.05, 3.63) is 71.8 Å². The summed E-state index contributed by atoms with van der Waals surface area (Å²) in [4.78, 5) is 23.1. The first-order valence-corrected chi connectivity index (χ1v) is 6.64. The highest BCUT2D eigenvalue weighted by molar-refractivity contribution is 5.83. The smallest absolute Gasteiger partial charge is 0.311 e. The average Bonchev–Trinajstić information content (AvgIpc) is 2.52. The summed E-state index contributed by atoms with van der Waals surface area (Å²) in [7, 11) is 0. The number of rotatable bonds is 6. The van der Waals surface area contributed by atoms with E-state index in [1.54, 1.807) is 30.3 Å². The molecule has 1 atom stereocenters. The van der Waals surface area contributed by atoms with Crippen molar-refractivity contribution in [3.8, 4) is 0 Å². The summed E-state index contributed by atoms with van der Waals surface area (Å²) in [5.74, 6) is -2.43. The highest BCUT2D eigenvalue weighted by atomic mass is 16.5. The van der Waals surface area contributed by atoms with Crippen LogP contribution in [0.2, 0.25) is 0 Å². The van der Waals surface area contributed by atoms with Gasteiger partial charge in [0.15, 0.2) is 0 Å². The van der Waals surface area contributed by atoms with E-state index in [1.165, 1.54) is 0 Å². The lowest BCUT2D eigenvalue weighted by atomic mass is 9.96. The second kappa shape index (κ2) is 7.24. The number of esters is 1. The third kappa shape index (κ3) is 4.45. The molecule has 0 bridgehead atoms. The van der Waals surface area contributed by atoms with Crippen molar-refractivity contribution in [2.75, 3.05) is 0 Å². The minimum Gasteiger partial charge on any atom is -0.481 e. The Kier molecular flexibility index (Phi) is 5.10. The molecule has 0 aliphatic rings. The third-order valence-electron chi connectivity index (χ3n) is 3.11. The van der Waals surface area contributed by atoms with Crippen LogP contribution in [-0.2, 0) is 20.9 Å². The van der Waals surface area contributed by atoms with Crippen molar-refractivity contribution < 1.29 is 19.4 Å². The Morgan fingerprint density at radius 1 is 0.952 bits per heavy atom. The van der Waals surface area contributed by atoms with Gasteiger partial charge in [-0.15, -0.1) is 0 Å². The summed E-state index contributed by atoms with van der Waals surface area (Å²) in [6.07, 6.45) is -0.174. The van der Waals surface area contributed by atoms with E-state index < -0.39 is 17.9 Å². The van der Waals surface area contributed by atoms with Crippen molar-refractivity contribution in [1.29, 1.82) is 0 Å². The lowest BCUT2D eigenvalue weighted by Gasteiger charge is -2.12. The van der Waals surface area contributed by atoms with E-state index >= 15 is 0 Å². The molecule has 0 unspecified atom stereocenters. The predicted molar refractivity (Wildman–Crippen MR) is 77.7 cm³/mol. The van der Waals surface area contributed by atoms with Gasteiger partial charge in [-0.05, 0) is 11.1 Å². The van der Waals surface area contributed by atoms with Gasteiger partial charge in [-0.1, -0.05) is 60.7 Å². The minimum atomic E-state index is -1.03. The van der Waals surface area contributed by atoms with E-state index in [1.807, 2.05) is 30.3 Å². The van der Waals surface area contributed by atoms with Crippen LogP contribution in [0.3, 0.4) is 0 Å². The maximum atomic E-state index is 11.8. The summed E-state index contributed by atoms with van der Waals surface area (Å²) in [6, 6.07) is 18.0. The Balaban J connectivity index is 1.95. The van der Waals surface area contributed by atoms with Gasteiger partial charge in [-0.25, -0.2) is 0 Å². The van der Waals surface area contributed by atoms with Crippen LogP contribution < -0.4 is 0 Å². The molecule has 0 saturated carbocycles. The van der Waals surface area contributed by atoms with E-state index in [2.05, 4.69) is 0 Å². The number of carbonyl (C=O) groups excluding carboxylic acids is 1. The van der Waals surface area contributed by atoms with Gasteiger partial charge in [0.1, 0.15) is 6.61 Å². The molecule has 0 fully saturated rings. The van der Waals surface area contributed by atoms with Crippen LogP contribution >= 0.6 is 0 Å². The second-order valence-corrected chi connectivity index (χ2v) is 4.65. The van der Waals surface area contributed by atoms with Gasteiger partial charge in [-0.3, -0.25) is 9.59 Å². The van der Waals surface area contributed by atoms with Gasteiger partial charge >= 0.3 is 11.9 Å². The Labute approximate surface area is 123 Å². The molecular weight excluding hydrogens is 268 g/mol. The van der Waals surface area contributed by atoms with E-state index in [9.17, 15) is 14.7 Å². The standard InChI is InChI=1S/C17H16O4/c18-16(21-12-13-7-3-1-4-8-13)11-15(17(19)20)14-9-5-2-6-10-14/h1-10,15H,11-12H2,(H,19,20)/t15-/m1/s1. The van der Waals surface area contributed by atoms with Crippen LogP contribution in [0.4, 0.5) is 0 Å². The summed E-state index contributed by atoms with van der Waals surface area (Å²) in [5, 5.41) is 9.25. The molecule has 2 aromatic rings. The number of carbonyl (C=O) groups is 2. The Hall–Kier alpha value is -2.62. The van der Waals surface area contributed by atoms with Crippen molar-refractivity contribution >= 4 is 11.9 Å². The fraction of sp³-hybridized carbons (Fsp3) is 0.176. The normalized spacial score (nSPS) is 11.6. The second-order valence-electron chi connectivity index (χ2n) is 4.65. The molecule has 0 aliphatic carbocycles. The average molecular weight is 284 g/mol. The van der Waals surface area contributed by atoms with Crippen LogP contribution in [0.15, 0.2) is 60.7 Å². The fourth-order valence-corrected chi connectivity index (χ4v) is 2.00. The molecule has 21 heavy (non-hydrogen) atoms. The lowest BCUT2D eigenvalue weighted by Crippen LogP contribution is -2.17. The van der Waals surface area contributed by atoms with Crippen molar-refractivity contribution in [2.24, 2.45) is 0 Å². The minimum absolute atomic E-state index is 0.154. The van der Waals surface area contributed by atoms with Crippen molar-refractivity contribution in [3.63, 3.8) is 0 Å². The van der Waals surface area contributed by atoms with Crippen molar-refractivity contribution in [2.45, 2.75) is 18.9 Å². The SMILES string of the molecule is O=C(C[C@@H](C(=O)O)c1ccccc1)OCc1ccccc1. The van der Waals surface area contributed by atoms with Crippen LogP contribution in [0.1, 0.15) is 23.5 Å². The predicted octanol–water partition coefficient (Wildman–Crippen LogP) is 2.99. The molecule has 0 aromatic heterocycles. The van der Waals surface area contributed by atoms with E-state index in [4.69, 9.17) is 4.74 Å². The molecule has 4 nitrogen and oxygen atoms in total. The van der Waals surface area contributed by atoms with Crippen LogP contribution in [0, 0.1) is 0 Å². The number of hydrogen-bond donors (Lipinski definition) is 1. The molecule has 1 N–H and O–H groups in total. The molecule has 0 saturated heterocycles. The molecule has 0 heterocycles. The zero-order valence-corrected chi connectivity index (χ0v) is 11.4. The first-order valence-electron chi connectivity index (χ1n) is 6.64. The molecule has 0 amide bonds. The number of ether oxygens (including phenoxy) is 1. The monoisotopic (exact) mass is 284 g/mol. The van der Waals surface area contributed by atoms with Gasteiger partial charge in [0.2, 0.25) is 0 Å². The topological polar surface area (TPSA) is 63.6 Å². The van der Waals surface area contributed by atoms with Gasteiger partial charge in [0, 0.05) is 0 Å². The molecule has 0 radical (unpaired) electrons. The lowest BCUT2D eigenvalue weighted by molar-refractivity contribution is -0.150.